The number of fused-ring (bicyclic) bond motifs is 1. The molecule has 8 nitrogen and oxygen atoms in total. The first-order valence-corrected chi connectivity index (χ1v) is 11.4. The molecule has 2 aromatic heterocycles. The molecule has 34 heavy (non-hydrogen) atoms. The number of ether oxygens (including phenoxy) is 1. The van der Waals surface area contributed by atoms with Gasteiger partial charge in [-0.1, -0.05) is 31.2 Å². The molecule has 0 fully saturated rings. The number of methoxy groups -OCH3 is 1. The molecule has 0 saturated heterocycles. The van der Waals surface area contributed by atoms with Crippen LogP contribution >= 0.6 is 22.7 Å². The molecule has 0 spiro atoms. The Morgan fingerprint density at radius 2 is 1.97 bits per heavy atom. The van der Waals surface area contributed by atoms with Gasteiger partial charge in [-0.05, 0) is 30.5 Å². The molecule has 1 aliphatic heterocycles. The lowest BCUT2D eigenvalue weighted by molar-refractivity contribution is -0.133. The van der Waals surface area contributed by atoms with Crippen molar-refractivity contribution in [2.75, 3.05) is 12.4 Å². The fraction of sp³-hybridized carbons (Fsp3) is 0.167. The van der Waals surface area contributed by atoms with Crippen LogP contribution in [0.1, 0.15) is 23.8 Å². The molecular weight excluding hydrogens is 472 g/mol. The number of amides is 1. The minimum Gasteiger partial charge on any atom is -0.466 e. The first kappa shape index (κ1) is 24.7. The van der Waals surface area contributed by atoms with Crippen LogP contribution in [0.2, 0.25) is 0 Å². The fourth-order valence-corrected chi connectivity index (χ4v) is 5.49. The van der Waals surface area contributed by atoms with Gasteiger partial charge in [0.2, 0.25) is 0 Å². The quantitative estimate of drug-likeness (QED) is 0.535. The van der Waals surface area contributed by atoms with Crippen molar-refractivity contribution in [1.29, 1.82) is 5.26 Å². The number of nitrogens with two attached hydrogens (primary N) is 1. The van der Waals surface area contributed by atoms with Crippen molar-refractivity contribution >= 4 is 57.7 Å². The first-order valence-electron chi connectivity index (χ1n) is 9.73. The van der Waals surface area contributed by atoms with Gasteiger partial charge < -0.3 is 15.8 Å². The van der Waals surface area contributed by atoms with Crippen molar-refractivity contribution in [3.05, 3.63) is 77.3 Å². The highest BCUT2D eigenvalue weighted by Crippen LogP contribution is 2.38. The van der Waals surface area contributed by atoms with Crippen LogP contribution < -0.4 is 25.8 Å². The second kappa shape index (κ2) is 9.91. The van der Waals surface area contributed by atoms with E-state index in [9.17, 15) is 19.6 Å². The SMILES string of the molecule is C.COC(=O)/C=c1\sc2n(c1=O)C(N)=C(C#N)C(c1cccs1)C=2C(=O)Nc1ccc(C)cc1. The van der Waals surface area contributed by atoms with Gasteiger partial charge in [0.15, 0.2) is 0 Å². The predicted molar refractivity (Wildman–Crippen MR) is 134 cm³/mol. The normalized spacial score (nSPS) is 15.3. The summed E-state index contributed by atoms with van der Waals surface area (Å²) in [5, 5.41) is 14.6. The first-order chi connectivity index (χ1) is 15.8. The number of benzene rings is 1. The third-order valence-corrected chi connectivity index (χ3v) is 7.15. The van der Waals surface area contributed by atoms with E-state index in [1.807, 2.05) is 36.6 Å². The fourth-order valence-electron chi connectivity index (χ4n) is 3.51. The Hall–Kier alpha value is -3.94. The van der Waals surface area contributed by atoms with E-state index in [1.54, 1.807) is 12.1 Å². The van der Waals surface area contributed by atoms with E-state index in [2.05, 4.69) is 16.1 Å². The highest BCUT2D eigenvalue weighted by atomic mass is 32.1. The average Bonchev–Trinajstić information content (AvgIpc) is 3.44. The predicted octanol–water partition coefficient (Wildman–Crippen LogP) is 2.11. The number of aromatic nitrogens is 1. The Morgan fingerprint density at radius 1 is 1.26 bits per heavy atom. The van der Waals surface area contributed by atoms with Gasteiger partial charge in [0.1, 0.15) is 15.0 Å². The number of carbonyl (C=O) groups excluding carboxylic acids is 2. The van der Waals surface area contributed by atoms with Crippen molar-refractivity contribution in [3.8, 4) is 6.07 Å². The lowest BCUT2D eigenvalue weighted by Gasteiger charge is -2.24. The number of allylic oxidation sites excluding steroid dienone is 1. The van der Waals surface area contributed by atoms with Crippen LogP contribution in [-0.2, 0) is 14.3 Å². The largest absolute Gasteiger partial charge is 0.466 e. The van der Waals surface area contributed by atoms with Gasteiger partial charge in [-0.2, -0.15) is 5.26 Å². The number of thiophene rings is 1. The van der Waals surface area contributed by atoms with Crippen molar-refractivity contribution in [2.24, 2.45) is 5.73 Å². The van der Waals surface area contributed by atoms with Crippen LogP contribution in [-0.4, -0.2) is 23.6 Å². The van der Waals surface area contributed by atoms with Gasteiger partial charge in [-0.3, -0.25) is 14.2 Å². The second-order valence-electron chi connectivity index (χ2n) is 7.17. The van der Waals surface area contributed by atoms with Gasteiger partial charge in [-0.15, -0.1) is 22.7 Å². The highest BCUT2D eigenvalue weighted by molar-refractivity contribution is 7.10. The molecule has 4 rings (SSSR count). The lowest BCUT2D eigenvalue weighted by Crippen LogP contribution is -2.40. The zero-order valence-corrected chi connectivity index (χ0v) is 19.3. The summed E-state index contributed by atoms with van der Waals surface area (Å²) in [6.45, 7) is 1.94. The van der Waals surface area contributed by atoms with Gasteiger partial charge in [-0.25, -0.2) is 4.79 Å². The van der Waals surface area contributed by atoms with Crippen LogP contribution in [0.5, 0.6) is 0 Å². The summed E-state index contributed by atoms with van der Waals surface area (Å²) < 4.78 is 6.06. The van der Waals surface area contributed by atoms with Gasteiger partial charge in [0.25, 0.3) is 11.5 Å². The summed E-state index contributed by atoms with van der Waals surface area (Å²) in [5.74, 6) is -2.01. The molecule has 3 heterocycles. The topological polar surface area (TPSA) is 127 Å². The maximum absolute atomic E-state index is 13.6. The smallest absolute Gasteiger partial charge is 0.332 e. The number of aryl methyl sites for hydroxylation is 1. The maximum atomic E-state index is 13.6. The Bertz CT molecular complexity index is 1500. The molecule has 0 radical (unpaired) electrons. The Kier molecular flexibility index (Phi) is 7.20. The van der Waals surface area contributed by atoms with E-state index in [-0.39, 0.29) is 33.6 Å². The molecule has 0 saturated carbocycles. The molecule has 174 valence electrons. The van der Waals surface area contributed by atoms with Gasteiger partial charge >= 0.3 is 5.97 Å². The molecule has 1 aromatic carbocycles. The minimum absolute atomic E-state index is 0. The third-order valence-electron chi connectivity index (χ3n) is 5.10. The van der Waals surface area contributed by atoms with E-state index < -0.39 is 23.4 Å². The molecule has 3 aromatic rings. The molecule has 0 aliphatic carbocycles. The molecule has 10 heteroatoms. The average molecular weight is 495 g/mol. The number of hydrogen-bond acceptors (Lipinski definition) is 8. The summed E-state index contributed by atoms with van der Waals surface area (Å²) in [7, 11) is 1.20. The number of nitrogens with zero attached hydrogens (tertiary/aromatic N) is 2. The zero-order chi connectivity index (χ0) is 23.7. The Balaban J connectivity index is 0.00000324. The third kappa shape index (κ3) is 4.31. The molecule has 1 amide bonds. The molecule has 1 unspecified atom stereocenters. The number of carbonyl (C=O) groups is 2. The molecule has 1 aliphatic rings. The maximum Gasteiger partial charge on any atom is 0.332 e. The zero-order valence-electron chi connectivity index (χ0n) is 17.6. The number of hydrogen-bond donors (Lipinski definition) is 2. The summed E-state index contributed by atoms with van der Waals surface area (Å²) in [5.41, 5.74) is 7.55. The van der Waals surface area contributed by atoms with Gasteiger partial charge in [0.05, 0.1) is 30.2 Å². The van der Waals surface area contributed by atoms with E-state index in [0.717, 1.165) is 32.4 Å². The van der Waals surface area contributed by atoms with Crippen LogP contribution in [0.15, 0.2) is 52.1 Å². The number of nitrogens with one attached hydrogen (secondary N) is 1. The summed E-state index contributed by atoms with van der Waals surface area (Å²) >= 11 is 2.32. The monoisotopic (exact) mass is 494 g/mol. The minimum atomic E-state index is -0.760. The van der Waals surface area contributed by atoms with Crippen molar-refractivity contribution in [1.82, 2.24) is 4.57 Å². The second-order valence-corrected chi connectivity index (χ2v) is 9.18. The van der Waals surface area contributed by atoms with Crippen LogP contribution in [0.3, 0.4) is 0 Å². The molecule has 3 N–H and O–H groups in total. The Labute approximate surface area is 203 Å². The lowest BCUT2D eigenvalue weighted by atomic mass is 9.88. The van der Waals surface area contributed by atoms with Crippen molar-refractivity contribution in [3.63, 3.8) is 0 Å². The molecular formula is C24H22N4O4S2. The van der Waals surface area contributed by atoms with E-state index in [0.29, 0.717) is 5.69 Å². The summed E-state index contributed by atoms with van der Waals surface area (Å²) in [4.78, 5) is 39.1. The van der Waals surface area contributed by atoms with Crippen molar-refractivity contribution in [2.45, 2.75) is 20.3 Å². The van der Waals surface area contributed by atoms with Crippen molar-refractivity contribution < 1.29 is 14.3 Å². The molecule has 1 atom stereocenters. The van der Waals surface area contributed by atoms with E-state index >= 15 is 0 Å². The number of anilines is 1. The number of esters is 1. The summed E-state index contributed by atoms with van der Waals surface area (Å²) in [6.07, 6.45) is 1.05. The van der Waals surface area contributed by atoms with Crippen LogP contribution in [0, 0.1) is 18.3 Å². The Morgan fingerprint density at radius 3 is 2.56 bits per heavy atom. The van der Waals surface area contributed by atoms with Gasteiger partial charge in [0, 0.05) is 16.6 Å². The number of rotatable bonds is 4. The number of thiazole rings is 1. The van der Waals surface area contributed by atoms with E-state index in [4.69, 9.17) is 5.73 Å². The van der Waals surface area contributed by atoms with E-state index in [1.165, 1.54) is 18.4 Å². The summed E-state index contributed by atoms with van der Waals surface area (Å²) in [6, 6.07) is 13.0. The molecule has 0 bridgehead atoms. The van der Waals surface area contributed by atoms with Crippen LogP contribution in [0.4, 0.5) is 5.69 Å². The van der Waals surface area contributed by atoms with Crippen LogP contribution in [0.25, 0.3) is 17.5 Å². The number of nitriles is 1. The highest BCUT2D eigenvalue weighted by Gasteiger charge is 2.36. The standard InChI is InChI=1S/C23H18N4O4S2.CH4/c1-12-5-7-13(8-6-12)26-21(29)19-18(15-4-3-9-32-15)14(11-24)20(25)27-22(30)16(33-23(19)27)10-17(28)31-2;/h3-10,18H,25H2,1-2H3,(H,26,29);1H4/b16-10-;.